The van der Waals surface area contributed by atoms with E-state index >= 15 is 0 Å². The van der Waals surface area contributed by atoms with E-state index in [0.29, 0.717) is 12.8 Å². The number of nitrogens with two attached hydrogens (primary N) is 1. The van der Waals surface area contributed by atoms with Crippen molar-refractivity contribution in [2.75, 3.05) is 6.61 Å². The van der Waals surface area contributed by atoms with E-state index in [1.165, 1.54) is 0 Å². The first-order chi connectivity index (χ1) is 17.5. The van der Waals surface area contributed by atoms with E-state index in [-0.39, 0.29) is 18.3 Å². The van der Waals surface area contributed by atoms with Gasteiger partial charge in [-0.1, -0.05) is 52.3 Å². The fraction of sp³-hybridized carbons (Fsp3) is 0.538. The number of aromatic amines is 1. The number of para-hydroxylation sites is 1. The first-order valence-corrected chi connectivity index (χ1v) is 12.5. The summed E-state index contributed by atoms with van der Waals surface area (Å²) in [5.74, 6) is -3.44. The van der Waals surface area contributed by atoms with Crippen molar-refractivity contribution in [2.24, 2.45) is 17.6 Å². The predicted molar refractivity (Wildman–Crippen MR) is 139 cm³/mol. The third-order valence-corrected chi connectivity index (χ3v) is 6.38. The van der Waals surface area contributed by atoms with Gasteiger partial charge in [-0.05, 0) is 29.9 Å². The van der Waals surface area contributed by atoms with Gasteiger partial charge in [0.25, 0.3) is 0 Å². The molecule has 5 atom stereocenters. The highest BCUT2D eigenvalue weighted by Gasteiger charge is 2.33. The van der Waals surface area contributed by atoms with Crippen molar-refractivity contribution in [1.82, 2.24) is 20.9 Å². The van der Waals surface area contributed by atoms with Gasteiger partial charge in [-0.3, -0.25) is 14.4 Å². The number of amides is 3. The van der Waals surface area contributed by atoms with Gasteiger partial charge < -0.3 is 36.9 Å². The molecule has 8 N–H and O–H groups in total. The molecule has 0 saturated heterocycles. The molecule has 0 aliphatic carbocycles. The average Bonchev–Trinajstić information content (AvgIpc) is 3.26. The fourth-order valence-electron chi connectivity index (χ4n) is 4.03. The standard InChI is InChI=1S/C26H39N5O6/c1-5-15(4)22(31-24(34)21(13-32)30-23(33)18(27)10-14(2)3)25(35)29-20(26(36)37)11-16-12-28-19-9-7-6-8-17(16)19/h6-9,12,14-15,18,20-22,28,32H,5,10-11,13,27H2,1-4H3,(H,29,35)(H,30,33)(H,31,34)(H,36,37). The van der Waals surface area contributed by atoms with Crippen LogP contribution in [-0.4, -0.2) is 69.7 Å². The number of hydrogen-bond acceptors (Lipinski definition) is 6. The van der Waals surface area contributed by atoms with Crippen LogP contribution in [0.25, 0.3) is 10.9 Å². The molecular weight excluding hydrogens is 478 g/mol. The van der Waals surface area contributed by atoms with E-state index in [1.807, 2.05) is 45.0 Å². The number of aliphatic hydroxyl groups excluding tert-OH is 1. The van der Waals surface area contributed by atoms with Crippen LogP contribution < -0.4 is 21.7 Å². The monoisotopic (exact) mass is 517 g/mol. The number of benzene rings is 1. The minimum Gasteiger partial charge on any atom is -0.480 e. The molecule has 2 rings (SSSR count). The van der Waals surface area contributed by atoms with Crippen LogP contribution in [0.5, 0.6) is 0 Å². The zero-order valence-electron chi connectivity index (χ0n) is 21.8. The third kappa shape index (κ3) is 8.29. The summed E-state index contributed by atoms with van der Waals surface area (Å²) in [5.41, 5.74) is 7.45. The zero-order valence-corrected chi connectivity index (χ0v) is 21.8. The molecule has 2 aromatic rings. The number of hydrogen-bond donors (Lipinski definition) is 7. The van der Waals surface area contributed by atoms with Gasteiger partial charge in [0.05, 0.1) is 12.6 Å². The van der Waals surface area contributed by atoms with E-state index in [9.17, 15) is 29.4 Å². The number of rotatable bonds is 14. The van der Waals surface area contributed by atoms with Crippen LogP contribution in [0.3, 0.4) is 0 Å². The maximum absolute atomic E-state index is 13.2. The molecule has 0 radical (unpaired) electrons. The molecule has 1 aromatic heterocycles. The number of aliphatic hydroxyl groups is 1. The quantitative estimate of drug-likeness (QED) is 0.192. The number of carboxylic acid groups (broad SMARTS) is 1. The van der Waals surface area contributed by atoms with Gasteiger partial charge in [0.15, 0.2) is 0 Å². The molecule has 0 saturated carbocycles. The molecule has 0 aliphatic rings. The zero-order chi connectivity index (χ0) is 27.7. The summed E-state index contributed by atoms with van der Waals surface area (Å²) >= 11 is 0. The Balaban J connectivity index is 2.13. The first kappa shape index (κ1) is 29.8. The highest BCUT2D eigenvalue weighted by atomic mass is 16.4. The topological polar surface area (TPSA) is 187 Å². The Morgan fingerprint density at radius 1 is 0.973 bits per heavy atom. The Kier molecular flexibility index (Phi) is 11.1. The van der Waals surface area contributed by atoms with E-state index in [1.54, 1.807) is 13.1 Å². The summed E-state index contributed by atoms with van der Waals surface area (Å²) < 4.78 is 0. The molecule has 37 heavy (non-hydrogen) atoms. The second-order valence-electron chi connectivity index (χ2n) is 9.81. The highest BCUT2D eigenvalue weighted by molar-refractivity contribution is 5.94. The fourth-order valence-corrected chi connectivity index (χ4v) is 4.03. The van der Waals surface area contributed by atoms with Crippen LogP contribution in [0.2, 0.25) is 0 Å². The normalized spacial score (nSPS) is 15.4. The summed E-state index contributed by atoms with van der Waals surface area (Å²) in [6.45, 7) is 6.68. The second-order valence-corrected chi connectivity index (χ2v) is 9.81. The second kappa shape index (κ2) is 13.8. The number of carbonyl (C=O) groups is 4. The average molecular weight is 518 g/mol. The Labute approximate surface area is 216 Å². The van der Waals surface area contributed by atoms with Gasteiger partial charge in [-0.15, -0.1) is 0 Å². The van der Waals surface area contributed by atoms with Crippen molar-refractivity contribution in [3.8, 4) is 0 Å². The van der Waals surface area contributed by atoms with Crippen LogP contribution in [0.4, 0.5) is 0 Å². The molecular formula is C26H39N5O6. The van der Waals surface area contributed by atoms with Crippen LogP contribution >= 0.6 is 0 Å². The molecule has 204 valence electrons. The van der Waals surface area contributed by atoms with Crippen LogP contribution in [0.15, 0.2) is 30.5 Å². The van der Waals surface area contributed by atoms with Crippen molar-refractivity contribution in [3.05, 3.63) is 36.0 Å². The SMILES string of the molecule is CCC(C)C(NC(=O)C(CO)NC(=O)C(N)CC(C)C)C(=O)NC(Cc1c[nH]c2ccccc12)C(=O)O. The molecule has 0 spiro atoms. The number of carbonyl (C=O) groups excluding carboxylic acids is 3. The van der Waals surface area contributed by atoms with Gasteiger partial charge in [0.2, 0.25) is 17.7 Å². The lowest BCUT2D eigenvalue weighted by atomic mass is 9.96. The minimum absolute atomic E-state index is 0.0370. The third-order valence-electron chi connectivity index (χ3n) is 6.38. The van der Waals surface area contributed by atoms with E-state index in [0.717, 1.165) is 16.5 Å². The summed E-state index contributed by atoms with van der Waals surface area (Å²) in [6.07, 6.45) is 2.65. The summed E-state index contributed by atoms with van der Waals surface area (Å²) in [4.78, 5) is 53.5. The first-order valence-electron chi connectivity index (χ1n) is 12.5. The number of fused-ring (bicyclic) bond motifs is 1. The number of aromatic nitrogens is 1. The largest absolute Gasteiger partial charge is 0.480 e. The minimum atomic E-state index is -1.31. The number of aliphatic carboxylic acids is 1. The molecule has 11 nitrogen and oxygen atoms in total. The number of nitrogens with one attached hydrogen (secondary N) is 4. The van der Waals surface area contributed by atoms with Crippen molar-refractivity contribution in [2.45, 2.75) is 71.1 Å². The smallest absolute Gasteiger partial charge is 0.326 e. The molecule has 0 aliphatic heterocycles. The van der Waals surface area contributed by atoms with Crippen LogP contribution in [0.1, 0.15) is 46.1 Å². The van der Waals surface area contributed by atoms with Crippen molar-refractivity contribution >= 4 is 34.6 Å². The predicted octanol–water partition coefficient (Wildman–Crippen LogP) is 0.661. The maximum Gasteiger partial charge on any atom is 0.326 e. The van der Waals surface area contributed by atoms with Gasteiger partial charge >= 0.3 is 5.97 Å². The van der Waals surface area contributed by atoms with E-state index in [4.69, 9.17) is 5.73 Å². The number of carboxylic acids is 1. The Hall–Kier alpha value is -3.44. The lowest BCUT2D eigenvalue weighted by molar-refractivity contribution is -0.142. The molecule has 0 fully saturated rings. The lowest BCUT2D eigenvalue weighted by Gasteiger charge is -2.27. The molecule has 1 aromatic carbocycles. The maximum atomic E-state index is 13.2. The van der Waals surface area contributed by atoms with Crippen LogP contribution in [-0.2, 0) is 25.6 Å². The van der Waals surface area contributed by atoms with Crippen molar-refractivity contribution < 1.29 is 29.4 Å². The van der Waals surface area contributed by atoms with E-state index in [2.05, 4.69) is 20.9 Å². The summed E-state index contributed by atoms with van der Waals surface area (Å²) in [7, 11) is 0. The van der Waals surface area contributed by atoms with Gasteiger partial charge in [-0.2, -0.15) is 0 Å². The Morgan fingerprint density at radius 2 is 1.62 bits per heavy atom. The summed E-state index contributed by atoms with van der Waals surface area (Å²) in [5, 5.41) is 27.9. The molecule has 1 heterocycles. The van der Waals surface area contributed by atoms with Crippen molar-refractivity contribution in [3.63, 3.8) is 0 Å². The van der Waals surface area contributed by atoms with Crippen LogP contribution in [0, 0.1) is 11.8 Å². The Bertz CT molecular complexity index is 1080. The molecule has 3 amide bonds. The van der Waals surface area contributed by atoms with Crippen molar-refractivity contribution in [1.29, 1.82) is 0 Å². The van der Waals surface area contributed by atoms with E-state index < -0.39 is 54.5 Å². The van der Waals surface area contributed by atoms with Gasteiger partial charge in [0, 0.05) is 23.5 Å². The van der Waals surface area contributed by atoms with Gasteiger partial charge in [-0.25, -0.2) is 4.79 Å². The molecule has 5 unspecified atom stereocenters. The highest BCUT2D eigenvalue weighted by Crippen LogP contribution is 2.19. The number of H-pyrrole nitrogens is 1. The molecule has 11 heteroatoms. The van der Waals surface area contributed by atoms with Gasteiger partial charge in [0.1, 0.15) is 18.1 Å². The summed E-state index contributed by atoms with van der Waals surface area (Å²) in [6, 6.07) is 2.94. The lowest BCUT2D eigenvalue weighted by Crippen LogP contribution is -2.59. The molecule has 0 bridgehead atoms. The Morgan fingerprint density at radius 3 is 2.22 bits per heavy atom.